The molecule has 0 heterocycles. The van der Waals surface area contributed by atoms with Crippen LogP contribution in [-0.2, 0) is 0 Å². The van der Waals surface area contributed by atoms with Gasteiger partial charge in [0.2, 0.25) is 0 Å². The van der Waals surface area contributed by atoms with Crippen molar-refractivity contribution >= 4 is 0 Å². The van der Waals surface area contributed by atoms with Crippen LogP contribution in [0.3, 0.4) is 0 Å². The highest BCUT2D eigenvalue weighted by molar-refractivity contribution is 4.98. The minimum Gasteiger partial charge on any atom is -0.329 e. The molecule has 78 valence electrons. The van der Waals surface area contributed by atoms with Crippen LogP contribution in [0.5, 0.6) is 0 Å². The lowest BCUT2D eigenvalue weighted by atomic mass is 10.3. The lowest BCUT2D eigenvalue weighted by Gasteiger charge is -2.16. The number of hydrogen-bond acceptors (Lipinski definition) is 4. The molecule has 0 atom stereocenters. The Bertz CT molecular complexity index is 145. The fourth-order valence-corrected chi connectivity index (χ4v) is 1.05. The molecule has 13 heavy (non-hydrogen) atoms. The monoisotopic (exact) mass is 186 g/mol. The van der Waals surface area contributed by atoms with Crippen LogP contribution in [0.4, 0.5) is 0 Å². The third kappa shape index (κ3) is 7.77. The molecule has 0 unspecified atom stereocenters. The third-order valence-electron chi connectivity index (χ3n) is 1.73. The lowest BCUT2D eigenvalue weighted by molar-refractivity contribution is 0.362. The van der Waals surface area contributed by atoms with E-state index >= 15 is 0 Å². The summed E-state index contributed by atoms with van der Waals surface area (Å²) in [5, 5.41) is 3.13. The van der Waals surface area contributed by atoms with Gasteiger partial charge in [-0.3, -0.25) is 0 Å². The maximum atomic E-state index is 3.13. The Hall–Kier alpha value is -0.580. The summed E-state index contributed by atoms with van der Waals surface area (Å²) in [6, 6.07) is 0. The van der Waals surface area contributed by atoms with E-state index in [0.29, 0.717) is 0 Å². The second kappa shape index (κ2) is 8.04. The topological polar surface area (TPSA) is 39.3 Å². The highest BCUT2D eigenvalue weighted by Crippen LogP contribution is 1.93. The van der Waals surface area contributed by atoms with Gasteiger partial charge in [0.1, 0.15) is 0 Å². The molecule has 0 spiro atoms. The Morgan fingerprint density at radius 1 is 1.38 bits per heavy atom. The Morgan fingerprint density at radius 2 is 2.08 bits per heavy atom. The van der Waals surface area contributed by atoms with Crippen molar-refractivity contribution in [2.45, 2.75) is 6.92 Å². The first kappa shape index (κ1) is 12.4. The molecule has 0 aliphatic carbocycles. The van der Waals surface area contributed by atoms with Crippen LogP contribution in [0.1, 0.15) is 6.92 Å². The quantitative estimate of drug-likeness (QED) is 0.480. The Kier molecular flexibility index (Phi) is 7.68. The molecule has 0 amide bonds. The van der Waals surface area contributed by atoms with Gasteiger partial charge in [0, 0.05) is 32.9 Å². The molecular formula is C9H22N4. The van der Waals surface area contributed by atoms with E-state index in [9.17, 15) is 0 Å². The zero-order chi connectivity index (χ0) is 10.1. The molecule has 0 aromatic rings. The zero-order valence-corrected chi connectivity index (χ0v) is 9.15. The summed E-state index contributed by atoms with van der Waals surface area (Å²) >= 11 is 0. The van der Waals surface area contributed by atoms with Crippen LogP contribution in [0.25, 0.3) is 0 Å². The first-order valence-corrected chi connectivity index (χ1v) is 4.61. The van der Waals surface area contributed by atoms with E-state index in [-0.39, 0.29) is 0 Å². The van der Waals surface area contributed by atoms with Crippen LogP contribution in [0, 0.1) is 0 Å². The fraction of sp³-hybridized carbons (Fsp3) is 0.778. The largest absolute Gasteiger partial charge is 0.329 e. The van der Waals surface area contributed by atoms with E-state index in [2.05, 4.69) is 35.0 Å². The second-order valence-electron chi connectivity index (χ2n) is 3.23. The van der Waals surface area contributed by atoms with Crippen LogP contribution < -0.4 is 16.2 Å². The van der Waals surface area contributed by atoms with E-state index in [1.165, 1.54) is 5.57 Å². The summed E-state index contributed by atoms with van der Waals surface area (Å²) in [4.78, 5) is 2.28. The lowest BCUT2D eigenvalue weighted by Crippen LogP contribution is -2.29. The molecule has 0 aromatic heterocycles. The molecule has 0 bridgehead atoms. The highest BCUT2D eigenvalue weighted by atomic mass is 15.3. The number of nitrogens with one attached hydrogen (secondary N) is 3. The summed E-state index contributed by atoms with van der Waals surface area (Å²) in [6.45, 7) is 5.21. The Balaban J connectivity index is 3.57. The average Bonchev–Trinajstić information content (AvgIpc) is 2.11. The molecule has 0 saturated carbocycles. The Labute approximate surface area is 81.3 Å². The maximum absolute atomic E-state index is 3.13. The SMILES string of the molecule is CNCCN(C)C/C(C)=C/NNC. The van der Waals surface area contributed by atoms with Crippen molar-refractivity contribution in [3.63, 3.8) is 0 Å². The molecule has 0 fully saturated rings. The molecule has 0 radical (unpaired) electrons. The fourth-order valence-electron chi connectivity index (χ4n) is 1.05. The highest BCUT2D eigenvalue weighted by Gasteiger charge is 1.97. The van der Waals surface area contributed by atoms with Gasteiger partial charge in [-0.05, 0) is 26.6 Å². The van der Waals surface area contributed by atoms with Gasteiger partial charge < -0.3 is 15.6 Å². The molecule has 4 nitrogen and oxygen atoms in total. The zero-order valence-electron chi connectivity index (χ0n) is 9.15. The first-order chi connectivity index (χ1) is 6.20. The van der Waals surface area contributed by atoms with Gasteiger partial charge in [-0.1, -0.05) is 0 Å². The number of rotatable bonds is 7. The summed E-state index contributed by atoms with van der Waals surface area (Å²) in [5.74, 6) is 0. The second-order valence-corrected chi connectivity index (χ2v) is 3.23. The van der Waals surface area contributed by atoms with Crippen molar-refractivity contribution in [1.29, 1.82) is 0 Å². The summed E-state index contributed by atoms with van der Waals surface area (Å²) in [6.07, 6.45) is 1.98. The van der Waals surface area contributed by atoms with Crippen molar-refractivity contribution in [3.8, 4) is 0 Å². The van der Waals surface area contributed by atoms with Crippen molar-refractivity contribution < 1.29 is 0 Å². The number of hydrazine groups is 1. The minimum absolute atomic E-state index is 0.996. The molecule has 3 N–H and O–H groups in total. The standard InChI is InChI=1S/C9H22N4/c1-9(7-12-11-3)8-13(4)6-5-10-2/h7,10-12H,5-6,8H2,1-4H3/b9-7+. The maximum Gasteiger partial charge on any atom is 0.0205 e. The number of likely N-dealkylation sites (N-methyl/N-ethyl adjacent to an activating group) is 2. The minimum atomic E-state index is 0.996. The number of hydrogen-bond donors (Lipinski definition) is 3. The van der Waals surface area contributed by atoms with Gasteiger partial charge in [0.25, 0.3) is 0 Å². The molecule has 0 aliphatic heterocycles. The van der Waals surface area contributed by atoms with Crippen molar-refractivity contribution in [2.24, 2.45) is 0 Å². The van der Waals surface area contributed by atoms with Gasteiger partial charge in [-0.25, -0.2) is 5.43 Å². The molecule has 0 aliphatic rings. The van der Waals surface area contributed by atoms with Crippen molar-refractivity contribution in [3.05, 3.63) is 11.8 Å². The molecular weight excluding hydrogens is 164 g/mol. The van der Waals surface area contributed by atoms with Gasteiger partial charge in [0.05, 0.1) is 0 Å². The van der Waals surface area contributed by atoms with Crippen LogP contribution >= 0.6 is 0 Å². The van der Waals surface area contributed by atoms with E-state index in [4.69, 9.17) is 0 Å². The summed E-state index contributed by atoms with van der Waals surface area (Å²) in [5.41, 5.74) is 7.13. The molecule has 0 aromatic carbocycles. The van der Waals surface area contributed by atoms with Gasteiger partial charge in [0.15, 0.2) is 0 Å². The first-order valence-electron chi connectivity index (χ1n) is 4.61. The third-order valence-corrected chi connectivity index (χ3v) is 1.73. The molecule has 0 rings (SSSR count). The summed E-state index contributed by atoms with van der Waals surface area (Å²) < 4.78 is 0. The average molecular weight is 186 g/mol. The van der Waals surface area contributed by atoms with Crippen LogP contribution in [0.15, 0.2) is 11.8 Å². The van der Waals surface area contributed by atoms with Gasteiger partial charge >= 0.3 is 0 Å². The van der Waals surface area contributed by atoms with E-state index < -0.39 is 0 Å². The number of nitrogens with zero attached hydrogens (tertiary/aromatic N) is 1. The van der Waals surface area contributed by atoms with E-state index in [0.717, 1.165) is 19.6 Å². The van der Waals surface area contributed by atoms with E-state index in [1.807, 2.05) is 20.3 Å². The molecule has 0 saturated heterocycles. The van der Waals surface area contributed by atoms with Crippen molar-refractivity contribution in [1.82, 2.24) is 21.1 Å². The Morgan fingerprint density at radius 3 is 2.62 bits per heavy atom. The van der Waals surface area contributed by atoms with Gasteiger partial charge in [-0.2, -0.15) is 0 Å². The van der Waals surface area contributed by atoms with Gasteiger partial charge in [-0.15, -0.1) is 0 Å². The molecule has 4 heteroatoms. The summed E-state index contributed by atoms with van der Waals surface area (Å²) in [7, 11) is 5.95. The van der Waals surface area contributed by atoms with E-state index in [1.54, 1.807) is 0 Å². The normalized spacial score (nSPS) is 12.2. The smallest absolute Gasteiger partial charge is 0.0205 e. The van der Waals surface area contributed by atoms with Crippen LogP contribution in [0.2, 0.25) is 0 Å². The predicted molar refractivity (Wildman–Crippen MR) is 57.4 cm³/mol. The predicted octanol–water partition coefficient (Wildman–Crippen LogP) is -0.235. The van der Waals surface area contributed by atoms with Crippen molar-refractivity contribution in [2.75, 3.05) is 40.8 Å². The van der Waals surface area contributed by atoms with Crippen LogP contribution in [-0.4, -0.2) is 45.7 Å².